The highest BCUT2D eigenvalue weighted by molar-refractivity contribution is 14.0. The van der Waals surface area contributed by atoms with Crippen molar-refractivity contribution in [2.24, 2.45) is 4.99 Å². The molecule has 2 heterocycles. The Bertz CT molecular complexity index is 714. The number of rotatable bonds is 8. The van der Waals surface area contributed by atoms with Gasteiger partial charge in [0.2, 0.25) is 0 Å². The second-order valence-corrected chi connectivity index (χ2v) is 7.50. The molecule has 0 spiro atoms. The number of benzene rings is 1. The van der Waals surface area contributed by atoms with E-state index in [0.717, 1.165) is 37.9 Å². The third kappa shape index (κ3) is 6.72. The minimum absolute atomic E-state index is 0. The van der Waals surface area contributed by atoms with E-state index in [9.17, 15) is 0 Å². The first-order valence-electron chi connectivity index (χ1n) is 10.1. The topological polar surface area (TPSA) is 56.0 Å². The Morgan fingerprint density at radius 1 is 1.07 bits per heavy atom. The molecule has 1 aromatic heterocycles. The van der Waals surface area contributed by atoms with E-state index in [1.165, 1.54) is 18.4 Å². The van der Waals surface area contributed by atoms with Gasteiger partial charge in [0.25, 0.3) is 0 Å². The van der Waals surface area contributed by atoms with Gasteiger partial charge in [0, 0.05) is 20.1 Å². The molecular weight excluding hydrogens is 477 g/mol. The van der Waals surface area contributed by atoms with Crippen LogP contribution in [0.2, 0.25) is 0 Å². The predicted octanol–water partition coefficient (Wildman–Crippen LogP) is 3.50. The van der Waals surface area contributed by atoms with E-state index in [2.05, 4.69) is 75.9 Å². The maximum absolute atomic E-state index is 5.71. The third-order valence-corrected chi connectivity index (χ3v) is 5.41. The summed E-state index contributed by atoms with van der Waals surface area (Å²) < 4.78 is 5.71. The molecule has 1 aliphatic rings. The average Bonchev–Trinajstić information content (AvgIpc) is 3.42. The van der Waals surface area contributed by atoms with Crippen molar-refractivity contribution in [1.82, 2.24) is 20.4 Å². The van der Waals surface area contributed by atoms with Crippen molar-refractivity contribution >= 4 is 29.9 Å². The number of nitrogens with zero attached hydrogens (tertiary/aromatic N) is 3. The van der Waals surface area contributed by atoms with Gasteiger partial charge in [0.05, 0.1) is 18.3 Å². The highest BCUT2D eigenvalue weighted by atomic mass is 127. The monoisotopic (exact) mass is 511 g/mol. The Hall–Kier alpha value is -1.58. The van der Waals surface area contributed by atoms with E-state index < -0.39 is 0 Å². The van der Waals surface area contributed by atoms with Crippen molar-refractivity contribution in [3.63, 3.8) is 0 Å². The molecule has 3 rings (SSSR count). The van der Waals surface area contributed by atoms with E-state index in [-0.39, 0.29) is 36.1 Å². The fourth-order valence-corrected chi connectivity index (χ4v) is 3.82. The number of aliphatic imine (C=N–C) groups is 1. The van der Waals surface area contributed by atoms with Crippen LogP contribution in [0.3, 0.4) is 0 Å². The second kappa shape index (κ2) is 12.2. The van der Waals surface area contributed by atoms with Gasteiger partial charge in [-0.25, -0.2) is 0 Å². The number of halogens is 1. The first-order valence-corrected chi connectivity index (χ1v) is 10.1. The molecule has 1 saturated heterocycles. The Morgan fingerprint density at radius 3 is 2.34 bits per heavy atom. The number of likely N-dealkylation sites (tertiary alicyclic amines) is 1. The largest absolute Gasteiger partial charge is 0.468 e. The summed E-state index contributed by atoms with van der Waals surface area (Å²) in [6.45, 7) is 3.79. The van der Waals surface area contributed by atoms with Crippen molar-refractivity contribution in [3.8, 4) is 0 Å². The minimum atomic E-state index is 0. The molecule has 0 radical (unpaired) electrons. The van der Waals surface area contributed by atoms with Gasteiger partial charge in [-0.05, 0) is 57.7 Å². The van der Waals surface area contributed by atoms with Gasteiger partial charge < -0.3 is 20.0 Å². The predicted molar refractivity (Wildman–Crippen MR) is 130 cm³/mol. The van der Waals surface area contributed by atoms with Crippen molar-refractivity contribution < 1.29 is 4.42 Å². The quantitative estimate of drug-likeness (QED) is 0.323. The van der Waals surface area contributed by atoms with Crippen LogP contribution in [0.25, 0.3) is 0 Å². The summed E-state index contributed by atoms with van der Waals surface area (Å²) in [4.78, 5) is 9.14. The highest BCUT2D eigenvalue weighted by Gasteiger charge is 2.25. The van der Waals surface area contributed by atoms with E-state index in [1.54, 1.807) is 6.26 Å². The SMILES string of the molecule is CN=C(NCC(c1ccccc1)N(C)C)NCC(c1ccco1)N1CCCC1.I. The maximum atomic E-state index is 5.71. The molecule has 0 amide bonds. The molecule has 0 aliphatic carbocycles. The number of likely N-dealkylation sites (N-methyl/N-ethyl adjacent to an activating group) is 1. The molecule has 29 heavy (non-hydrogen) atoms. The standard InChI is InChI=1S/C22H33N5O.HI/c1-23-22(24-16-19(26(2)3)18-10-5-4-6-11-18)25-17-20(21-12-9-15-28-21)27-13-7-8-14-27;/h4-6,9-12,15,19-20H,7-8,13-14,16-17H2,1-3H3,(H2,23,24,25);1H. The summed E-state index contributed by atoms with van der Waals surface area (Å²) in [5.74, 6) is 1.83. The smallest absolute Gasteiger partial charge is 0.191 e. The molecule has 1 aromatic carbocycles. The van der Waals surface area contributed by atoms with E-state index in [0.29, 0.717) is 0 Å². The van der Waals surface area contributed by atoms with Gasteiger partial charge in [0.15, 0.2) is 5.96 Å². The van der Waals surface area contributed by atoms with Gasteiger partial charge in [-0.1, -0.05) is 30.3 Å². The molecule has 1 fully saturated rings. The average molecular weight is 511 g/mol. The zero-order valence-corrected chi connectivity index (χ0v) is 20.0. The lowest BCUT2D eigenvalue weighted by atomic mass is 10.1. The van der Waals surface area contributed by atoms with Crippen LogP contribution in [-0.4, -0.2) is 63.1 Å². The zero-order chi connectivity index (χ0) is 19.8. The first kappa shape index (κ1) is 23.7. The fourth-order valence-electron chi connectivity index (χ4n) is 3.82. The number of hydrogen-bond acceptors (Lipinski definition) is 4. The molecule has 1 aliphatic heterocycles. The first-order chi connectivity index (χ1) is 13.7. The summed E-state index contributed by atoms with van der Waals surface area (Å²) in [5, 5.41) is 6.99. The highest BCUT2D eigenvalue weighted by Crippen LogP contribution is 2.24. The van der Waals surface area contributed by atoms with Gasteiger partial charge in [0.1, 0.15) is 5.76 Å². The van der Waals surface area contributed by atoms with Gasteiger partial charge in [-0.2, -0.15) is 0 Å². The van der Waals surface area contributed by atoms with Crippen LogP contribution in [0.4, 0.5) is 0 Å². The van der Waals surface area contributed by atoms with Crippen LogP contribution >= 0.6 is 24.0 Å². The third-order valence-electron chi connectivity index (χ3n) is 5.41. The lowest BCUT2D eigenvalue weighted by Gasteiger charge is -2.28. The molecule has 0 saturated carbocycles. The van der Waals surface area contributed by atoms with E-state index in [1.807, 2.05) is 13.1 Å². The number of hydrogen-bond donors (Lipinski definition) is 2. The Labute approximate surface area is 191 Å². The zero-order valence-electron chi connectivity index (χ0n) is 17.7. The summed E-state index contributed by atoms with van der Waals surface area (Å²) in [6.07, 6.45) is 4.27. The Kier molecular flexibility index (Phi) is 9.96. The summed E-state index contributed by atoms with van der Waals surface area (Å²) in [6, 6.07) is 15.1. The molecule has 2 aromatic rings. The van der Waals surface area contributed by atoms with Gasteiger partial charge in [-0.15, -0.1) is 24.0 Å². The number of furan rings is 1. The van der Waals surface area contributed by atoms with Crippen LogP contribution in [0.5, 0.6) is 0 Å². The Morgan fingerprint density at radius 2 is 1.76 bits per heavy atom. The van der Waals surface area contributed by atoms with Crippen LogP contribution < -0.4 is 10.6 Å². The molecule has 160 valence electrons. The van der Waals surface area contributed by atoms with Crippen molar-refractivity contribution in [2.45, 2.75) is 24.9 Å². The fraction of sp³-hybridized carbons (Fsp3) is 0.500. The van der Waals surface area contributed by atoms with Crippen molar-refractivity contribution in [3.05, 3.63) is 60.1 Å². The molecule has 7 heteroatoms. The molecule has 2 atom stereocenters. The molecule has 2 unspecified atom stereocenters. The van der Waals surface area contributed by atoms with E-state index in [4.69, 9.17) is 4.42 Å². The van der Waals surface area contributed by atoms with Crippen molar-refractivity contribution in [2.75, 3.05) is 47.3 Å². The summed E-state index contributed by atoms with van der Waals surface area (Å²) in [5.41, 5.74) is 1.29. The van der Waals surface area contributed by atoms with Gasteiger partial charge in [-0.3, -0.25) is 9.89 Å². The van der Waals surface area contributed by atoms with Crippen LogP contribution in [0.1, 0.15) is 36.2 Å². The van der Waals surface area contributed by atoms with E-state index >= 15 is 0 Å². The van der Waals surface area contributed by atoms with Crippen LogP contribution in [0, 0.1) is 0 Å². The van der Waals surface area contributed by atoms with Crippen molar-refractivity contribution in [1.29, 1.82) is 0 Å². The minimum Gasteiger partial charge on any atom is -0.468 e. The van der Waals surface area contributed by atoms with Crippen LogP contribution in [0.15, 0.2) is 58.1 Å². The molecule has 6 nitrogen and oxygen atoms in total. The summed E-state index contributed by atoms with van der Waals surface area (Å²) in [7, 11) is 6.03. The molecule has 2 N–H and O–H groups in total. The molecule has 0 bridgehead atoms. The molecular formula is C22H34IN5O. The van der Waals surface area contributed by atoms with Crippen LogP contribution in [-0.2, 0) is 0 Å². The maximum Gasteiger partial charge on any atom is 0.191 e. The van der Waals surface area contributed by atoms with Gasteiger partial charge >= 0.3 is 0 Å². The second-order valence-electron chi connectivity index (χ2n) is 7.50. The number of guanidine groups is 1. The summed E-state index contributed by atoms with van der Waals surface area (Å²) >= 11 is 0. The lowest BCUT2D eigenvalue weighted by molar-refractivity contribution is 0.215. The number of nitrogens with one attached hydrogen (secondary N) is 2. The normalized spacial score (nSPS) is 17.0. The lowest BCUT2D eigenvalue weighted by Crippen LogP contribution is -2.45. The Balaban J connectivity index is 0.00000300.